The summed E-state index contributed by atoms with van der Waals surface area (Å²) in [7, 11) is 0. The smallest absolute Gasteiger partial charge is 0.234 e. The number of nitrogens with one attached hydrogen (secondary N) is 1. The van der Waals surface area contributed by atoms with Crippen LogP contribution in [-0.2, 0) is 4.79 Å². The molecule has 0 radical (unpaired) electrons. The molecule has 7 heteroatoms. The van der Waals surface area contributed by atoms with E-state index in [2.05, 4.69) is 41.5 Å². The quantitative estimate of drug-likeness (QED) is 0.474. The highest BCUT2D eigenvalue weighted by Crippen LogP contribution is 2.41. The van der Waals surface area contributed by atoms with E-state index in [1.54, 1.807) is 18.2 Å². The van der Waals surface area contributed by atoms with Crippen molar-refractivity contribution in [3.8, 4) is 11.4 Å². The van der Waals surface area contributed by atoms with Gasteiger partial charge in [-0.1, -0.05) is 49.9 Å². The van der Waals surface area contributed by atoms with Crippen LogP contribution >= 0.6 is 11.8 Å². The average molecular weight is 425 g/mol. The number of anilines is 1. The molecule has 0 unspecified atom stereocenters. The predicted octanol–water partition coefficient (Wildman–Crippen LogP) is 5.66. The van der Waals surface area contributed by atoms with Crippen LogP contribution in [0.3, 0.4) is 0 Å². The first-order chi connectivity index (χ1) is 14.6. The molecule has 3 aromatic rings. The molecular formula is C23H25FN4OS. The molecule has 1 saturated carbocycles. The first-order valence-corrected chi connectivity index (χ1v) is 11.3. The van der Waals surface area contributed by atoms with Gasteiger partial charge >= 0.3 is 0 Å². The number of rotatable bonds is 8. The van der Waals surface area contributed by atoms with Gasteiger partial charge < -0.3 is 5.32 Å². The summed E-state index contributed by atoms with van der Waals surface area (Å²) >= 11 is 1.33. The van der Waals surface area contributed by atoms with Crippen LogP contribution in [0.5, 0.6) is 0 Å². The molecule has 1 aliphatic rings. The van der Waals surface area contributed by atoms with Gasteiger partial charge in [0.2, 0.25) is 5.91 Å². The maximum absolute atomic E-state index is 14.3. The van der Waals surface area contributed by atoms with Crippen molar-refractivity contribution in [3.05, 3.63) is 59.9 Å². The Morgan fingerprint density at radius 3 is 2.60 bits per heavy atom. The van der Waals surface area contributed by atoms with E-state index < -0.39 is 0 Å². The monoisotopic (exact) mass is 424 g/mol. The van der Waals surface area contributed by atoms with Gasteiger partial charge in [0.05, 0.1) is 11.3 Å². The molecule has 1 aromatic heterocycles. The molecule has 0 bridgehead atoms. The van der Waals surface area contributed by atoms with Crippen LogP contribution in [0, 0.1) is 5.82 Å². The minimum atomic E-state index is -0.318. The number of hydrogen-bond acceptors (Lipinski definition) is 4. The van der Waals surface area contributed by atoms with E-state index in [1.165, 1.54) is 23.4 Å². The van der Waals surface area contributed by atoms with Crippen molar-refractivity contribution in [2.75, 3.05) is 11.1 Å². The largest absolute Gasteiger partial charge is 0.325 e. The third-order valence-electron chi connectivity index (χ3n) is 5.40. The molecular weight excluding hydrogens is 399 g/mol. The minimum absolute atomic E-state index is 0.103. The third kappa shape index (κ3) is 4.56. The second-order valence-corrected chi connectivity index (χ2v) is 8.60. The Bertz CT molecular complexity index is 1030. The first kappa shape index (κ1) is 20.6. The van der Waals surface area contributed by atoms with Crippen LogP contribution < -0.4 is 5.32 Å². The Morgan fingerprint density at radius 2 is 1.93 bits per heavy atom. The molecule has 1 heterocycles. The fourth-order valence-electron chi connectivity index (χ4n) is 3.32. The van der Waals surface area contributed by atoms with Crippen LogP contribution in [0.2, 0.25) is 0 Å². The predicted molar refractivity (Wildman–Crippen MR) is 118 cm³/mol. The van der Waals surface area contributed by atoms with E-state index in [1.807, 2.05) is 16.7 Å². The summed E-state index contributed by atoms with van der Waals surface area (Å²) in [6.45, 7) is 4.35. The number of aromatic nitrogens is 3. The molecule has 5 nitrogen and oxygen atoms in total. The van der Waals surface area contributed by atoms with Crippen molar-refractivity contribution in [1.82, 2.24) is 14.8 Å². The van der Waals surface area contributed by atoms with Crippen LogP contribution in [0.1, 0.15) is 50.6 Å². The van der Waals surface area contributed by atoms with E-state index in [-0.39, 0.29) is 23.5 Å². The highest BCUT2D eigenvalue weighted by molar-refractivity contribution is 7.99. The number of halogens is 1. The molecule has 156 valence electrons. The Kier molecular flexibility index (Phi) is 6.18. The Labute approximate surface area is 180 Å². The maximum atomic E-state index is 14.3. The number of carbonyl (C=O) groups is 1. The van der Waals surface area contributed by atoms with Crippen molar-refractivity contribution in [2.45, 2.75) is 50.2 Å². The minimum Gasteiger partial charge on any atom is -0.325 e. The molecule has 30 heavy (non-hydrogen) atoms. The van der Waals surface area contributed by atoms with Gasteiger partial charge in [-0.3, -0.25) is 9.36 Å². The van der Waals surface area contributed by atoms with Crippen molar-refractivity contribution in [3.63, 3.8) is 0 Å². The summed E-state index contributed by atoms with van der Waals surface area (Å²) in [5.41, 5.74) is 2.49. The van der Waals surface area contributed by atoms with Gasteiger partial charge in [0.1, 0.15) is 5.82 Å². The molecule has 4 rings (SSSR count). The summed E-state index contributed by atoms with van der Waals surface area (Å²) < 4.78 is 16.2. The average Bonchev–Trinajstić information content (AvgIpc) is 3.52. The van der Waals surface area contributed by atoms with E-state index >= 15 is 0 Å². The second-order valence-electron chi connectivity index (χ2n) is 7.66. The lowest BCUT2D eigenvalue weighted by molar-refractivity contribution is -0.113. The lowest BCUT2D eigenvalue weighted by Gasteiger charge is -2.11. The summed E-state index contributed by atoms with van der Waals surface area (Å²) in [4.78, 5) is 12.4. The molecule has 0 aliphatic heterocycles. The summed E-state index contributed by atoms with van der Waals surface area (Å²) in [6.07, 6.45) is 3.11. The van der Waals surface area contributed by atoms with Gasteiger partial charge in [-0.05, 0) is 55.0 Å². The van der Waals surface area contributed by atoms with Crippen LogP contribution in [0.4, 0.5) is 10.1 Å². The molecule has 1 atom stereocenters. The van der Waals surface area contributed by atoms with Crippen molar-refractivity contribution in [2.24, 2.45) is 0 Å². The Hall–Kier alpha value is -2.67. The molecule has 2 aromatic carbocycles. The summed E-state index contributed by atoms with van der Waals surface area (Å²) in [5, 5.41) is 12.1. The molecule has 1 amide bonds. The summed E-state index contributed by atoms with van der Waals surface area (Å²) in [5.74, 6) is 0.827. The molecule has 1 N–H and O–H groups in total. The molecule has 1 aliphatic carbocycles. The van der Waals surface area contributed by atoms with E-state index in [0.717, 1.165) is 24.9 Å². The number of hydrogen-bond donors (Lipinski definition) is 1. The Morgan fingerprint density at radius 1 is 1.20 bits per heavy atom. The normalized spacial score (nSPS) is 14.5. The van der Waals surface area contributed by atoms with E-state index in [4.69, 9.17) is 0 Å². The fourth-order valence-corrected chi connectivity index (χ4v) is 4.13. The first-order valence-electron chi connectivity index (χ1n) is 10.3. The lowest BCUT2D eigenvalue weighted by Crippen LogP contribution is -2.14. The van der Waals surface area contributed by atoms with Gasteiger partial charge in [-0.25, -0.2) is 4.39 Å². The van der Waals surface area contributed by atoms with Crippen LogP contribution in [0.15, 0.2) is 53.7 Å². The number of carbonyl (C=O) groups excluding carboxylic acids is 1. The second kappa shape index (κ2) is 9.00. The highest BCUT2D eigenvalue weighted by Gasteiger charge is 2.31. The number of benzene rings is 2. The van der Waals surface area contributed by atoms with Gasteiger partial charge in [0.25, 0.3) is 0 Å². The number of amides is 1. The topological polar surface area (TPSA) is 59.8 Å². The van der Waals surface area contributed by atoms with Crippen molar-refractivity contribution < 1.29 is 9.18 Å². The third-order valence-corrected chi connectivity index (χ3v) is 6.34. The Balaban J connectivity index is 1.43. The van der Waals surface area contributed by atoms with Crippen LogP contribution in [0.25, 0.3) is 11.4 Å². The number of thioether (sulfide) groups is 1. The summed E-state index contributed by atoms with van der Waals surface area (Å²) in [6, 6.07) is 14.8. The van der Waals surface area contributed by atoms with E-state index in [9.17, 15) is 9.18 Å². The zero-order valence-corrected chi connectivity index (χ0v) is 18.0. The van der Waals surface area contributed by atoms with E-state index in [0.29, 0.717) is 22.5 Å². The zero-order chi connectivity index (χ0) is 21.1. The molecule has 1 fully saturated rings. The van der Waals surface area contributed by atoms with Gasteiger partial charge in [-0.15, -0.1) is 10.2 Å². The lowest BCUT2D eigenvalue weighted by atomic mass is 9.99. The van der Waals surface area contributed by atoms with Gasteiger partial charge in [0, 0.05) is 11.7 Å². The number of nitrogens with zero attached hydrogens (tertiary/aromatic N) is 3. The molecule has 0 saturated heterocycles. The highest BCUT2D eigenvalue weighted by atomic mass is 32.2. The van der Waals surface area contributed by atoms with Crippen LogP contribution in [-0.4, -0.2) is 26.4 Å². The van der Waals surface area contributed by atoms with Crippen molar-refractivity contribution in [1.29, 1.82) is 0 Å². The SMILES string of the molecule is CC[C@@H](C)c1ccc(NC(=O)CSc2nnc(-c3ccccc3F)n2C2CC2)cc1. The van der Waals surface area contributed by atoms with Gasteiger partial charge in [0.15, 0.2) is 11.0 Å². The zero-order valence-electron chi connectivity index (χ0n) is 17.1. The standard InChI is InChI=1S/C23H25FN4OS/c1-3-15(2)16-8-10-17(11-9-16)25-21(29)14-30-23-27-26-22(28(23)18-12-13-18)19-6-4-5-7-20(19)24/h4-11,15,18H,3,12-14H2,1-2H3,(H,25,29)/t15-/m1/s1. The fraction of sp³-hybridized carbons (Fsp3) is 0.348. The molecule has 0 spiro atoms. The maximum Gasteiger partial charge on any atom is 0.234 e. The van der Waals surface area contributed by atoms with Crippen molar-refractivity contribution >= 4 is 23.4 Å². The van der Waals surface area contributed by atoms with Gasteiger partial charge in [-0.2, -0.15) is 0 Å².